The molecule has 1 fully saturated rings. The maximum absolute atomic E-state index is 11.8. The SMILES string of the molecule is Cc1cn([C@H]2C[C@H](O)[C@H](CNC(=O)CBr)O2)c(=O)[nH]c1=O. The number of ether oxygens (including phenoxy) is 1. The quantitative estimate of drug-likeness (QED) is 0.595. The van der Waals surface area contributed by atoms with Gasteiger partial charge in [-0.3, -0.25) is 19.1 Å². The van der Waals surface area contributed by atoms with E-state index in [4.69, 9.17) is 4.74 Å². The van der Waals surface area contributed by atoms with Crippen LogP contribution in [0, 0.1) is 6.92 Å². The Hall–Kier alpha value is -1.45. The van der Waals surface area contributed by atoms with Crippen LogP contribution in [0.3, 0.4) is 0 Å². The Kier molecular flexibility index (Phi) is 4.96. The third-order valence-electron chi connectivity index (χ3n) is 3.28. The number of H-pyrrole nitrogens is 1. The van der Waals surface area contributed by atoms with E-state index in [1.54, 1.807) is 6.92 Å². The fraction of sp³-hybridized carbons (Fsp3) is 0.583. The van der Waals surface area contributed by atoms with E-state index in [1.165, 1.54) is 10.8 Å². The number of aromatic amines is 1. The van der Waals surface area contributed by atoms with Gasteiger partial charge >= 0.3 is 5.69 Å². The van der Waals surface area contributed by atoms with Crippen LogP contribution in [0.25, 0.3) is 0 Å². The van der Waals surface area contributed by atoms with Gasteiger partial charge in [0.1, 0.15) is 12.3 Å². The van der Waals surface area contributed by atoms with Crippen LogP contribution in [0.1, 0.15) is 18.2 Å². The van der Waals surface area contributed by atoms with Crippen molar-refractivity contribution in [3.8, 4) is 0 Å². The van der Waals surface area contributed by atoms with Gasteiger partial charge in [-0.2, -0.15) is 0 Å². The number of halogens is 1. The molecule has 1 saturated heterocycles. The van der Waals surface area contributed by atoms with Crippen molar-refractivity contribution in [2.75, 3.05) is 11.9 Å². The highest BCUT2D eigenvalue weighted by atomic mass is 79.9. The number of nitrogens with one attached hydrogen (secondary N) is 2. The first-order chi connectivity index (χ1) is 9.92. The summed E-state index contributed by atoms with van der Waals surface area (Å²) < 4.78 is 6.83. The molecule has 0 radical (unpaired) electrons. The Morgan fingerprint density at radius 1 is 1.62 bits per heavy atom. The van der Waals surface area contributed by atoms with E-state index in [-0.39, 0.29) is 24.2 Å². The van der Waals surface area contributed by atoms with Gasteiger partial charge in [0.25, 0.3) is 5.56 Å². The molecule has 0 aromatic carbocycles. The average molecular weight is 362 g/mol. The number of aliphatic hydroxyl groups is 1. The van der Waals surface area contributed by atoms with Crippen molar-refractivity contribution in [3.63, 3.8) is 0 Å². The predicted octanol–water partition coefficient (Wildman–Crippen LogP) is -0.995. The Morgan fingerprint density at radius 2 is 2.33 bits per heavy atom. The van der Waals surface area contributed by atoms with Crippen molar-refractivity contribution in [1.29, 1.82) is 0 Å². The molecule has 3 N–H and O–H groups in total. The highest BCUT2D eigenvalue weighted by Crippen LogP contribution is 2.27. The van der Waals surface area contributed by atoms with Crippen LogP contribution in [0.15, 0.2) is 15.8 Å². The summed E-state index contributed by atoms with van der Waals surface area (Å²) in [7, 11) is 0. The van der Waals surface area contributed by atoms with Crippen LogP contribution in [0.4, 0.5) is 0 Å². The van der Waals surface area contributed by atoms with Gasteiger partial charge in [0, 0.05) is 24.7 Å². The summed E-state index contributed by atoms with van der Waals surface area (Å²) in [4.78, 5) is 36.5. The van der Waals surface area contributed by atoms with Crippen LogP contribution in [-0.4, -0.2) is 44.6 Å². The zero-order valence-corrected chi connectivity index (χ0v) is 12.9. The standard InChI is InChI=1S/C12H16BrN3O5/c1-6-5-16(12(20)15-11(6)19)10-2-7(17)8(21-10)4-14-9(18)3-13/h5,7-8,10,17H,2-4H2,1H3,(H,14,18)(H,15,19,20)/t7-,8-,10+/m0/s1. The zero-order chi connectivity index (χ0) is 15.6. The molecule has 1 aliphatic rings. The molecule has 9 heteroatoms. The predicted molar refractivity (Wildman–Crippen MR) is 77.4 cm³/mol. The van der Waals surface area contributed by atoms with Gasteiger partial charge in [-0.25, -0.2) is 4.79 Å². The molecule has 2 rings (SSSR count). The van der Waals surface area contributed by atoms with Crippen LogP contribution in [-0.2, 0) is 9.53 Å². The van der Waals surface area contributed by atoms with Gasteiger partial charge in [-0.1, -0.05) is 15.9 Å². The maximum Gasteiger partial charge on any atom is 0.330 e. The largest absolute Gasteiger partial charge is 0.390 e. The van der Waals surface area contributed by atoms with Crippen molar-refractivity contribution in [1.82, 2.24) is 14.9 Å². The lowest BCUT2D eigenvalue weighted by atomic mass is 10.2. The molecular formula is C12H16BrN3O5. The highest BCUT2D eigenvalue weighted by molar-refractivity contribution is 9.09. The fourth-order valence-corrected chi connectivity index (χ4v) is 2.33. The molecule has 0 bridgehead atoms. The minimum Gasteiger partial charge on any atom is -0.390 e. The first-order valence-electron chi connectivity index (χ1n) is 6.40. The summed E-state index contributed by atoms with van der Waals surface area (Å²) in [6.07, 6.45) is -0.464. The van der Waals surface area contributed by atoms with Crippen LogP contribution < -0.4 is 16.6 Å². The third kappa shape index (κ3) is 3.60. The minimum atomic E-state index is -0.801. The van der Waals surface area contributed by atoms with E-state index < -0.39 is 29.7 Å². The molecule has 0 aliphatic carbocycles. The molecule has 1 aliphatic heterocycles. The molecule has 1 amide bonds. The van der Waals surface area contributed by atoms with Gasteiger partial charge < -0.3 is 15.2 Å². The number of carbonyl (C=O) groups is 1. The van der Waals surface area contributed by atoms with Crippen molar-refractivity contribution >= 4 is 21.8 Å². The topological polar surface area (TPSA) is 113 Å². The van der Waals surface area contributed by atoms with Gasteiger partial charge in [-0.15, -0.1) is 0 Å². The van der Waals surface area contributed by atoms with E-state index in [1.807, 2.05) is 0 Å². The lowest BCUT2D eigenvalue weighted by molar-refractivity contribution is -0.119. The Balaban J connectivity index is 2.10. The molecule has 2 heterocycles. The second-order valence-corrected chi connectivity index (χ2v) is 5.41. The molecule has 0 spiro atoms. The lowest BCUT2D eigenvalue weighted by Gasteiger charge is -2.16. The van der Waals surface area contributed by atoms with E-state index in [0.29, 0.717) is 5.56 Å². The van der Waals surface area contributed by atoms with Crippen molar-refractivity contribution < 1.29 is 14.6 Å². The van der Waals surface area contributed by atoms with E-state index in [0.717, 1.165) is 0 Å². The maximum atomic E-state index is 11.8. The number of hydrogen-bond acceptors (Lipinski definition) is 5. The van der Waals surface area contributed by atoms with Gasteiger partial charge in [0.15, 0.2) is 0 Å². The Morgan fingerprint density at radius 3 is 3.00 bits per heavy atom. The lowest BCUT2D eigenvalue weighted by Crippen LogP contribution is -2.37. The first-order valence-corrected chi connectivity index (χ1v) is 7.52. The second-order valence-electron chi connectivity index (χ2n) is 4.85. The number of alkyl halides is 1. The molecule has 0 saturated carbocycles. The summed E-state index contributed by atoms with van der Waals surface area (Å²) >= 11 is 3.02. The third-order valence-corrected chi connectivity index (χ3v) is 3.79. The van der Waals surface area contributed by atoms with E-state index in [2.05, 4.69) is 26.2 Å². The van der Waals surface area contributed by atoms with E-state index >= 15 is 0 Å². The molecule has 8 nitrogen and oxygen atoms in total. The molecule has 116 valence electrons. The van der Waals surface area contributed by atoms with Crippen LogP contribution in [0.2, 0.25) is 0 Å². The summed E-state index contributed by atoms with van der Waals surface area (Å²) in [5.41, 5.74) is -0.660. The Bertz CT molecular complexity index is 641. The molecule has 3 atom stereocenters. The first kappa shape index (κ1) is 15.9. The second kappa shape index (κ2) is 6.54. The summed E-state index contributed by atoms with van der Waals surface area (Å²) in [5, 5.41) is 12.7. The number of nitrogens with zero attached hydrogens (tertiary/aromatic N) is 1. The number of rotatable bonds is 4. The summed E-state index contributed by atoms with van der Waals surface area (Å²) in [6, 6.07) is 0. The van der Waals surface area contributed by atoms with Gasteiger partial charge in [-0.05, 0) is 6.92 Å². The summed E-state index contributed by atoms with van der Waals surface area (Å²) in [6.45, 7) is 1.73. The van der Waals surface area contributed by atoms with Crippen molar-refractivity contribution in [3.05, 3.63) is 32.6 Å². The Labute approximate surface area is 128 Å². The number of amides is 1. The number of aliphatic hydroxyl groups excluding tert-OH is 1. The van der Waals surface area contributed by atoms with Crippen LogP contribution in [0.5, 0.6) is 0 Å². The fourth-order valence-electron chi connectivity index (χ4n) is 2.13. The molecule has 21 heavy (non-hydrogen) atoms. The molecule has 1 aromatic heterocycles. The summed E-state index contributed by atoms with van der Waals surface area (Å²) in [5.74, 6) is -0.216. The molecule has 1 aromatic rings. The normalized spacial score (nSPS) is 25.0. The number of aryl methyl sites for hydroxylation is 1. The van der Waals surface area contributed by atoms with Crippen molar-refractivity contribution in [2.45, 2.75) is 31.8 Å². The van der Waals surface area contributed by atoms with E-state index in [9.17, 15) is 19.5 Å². The minimum absolute atomic E-state index is 0.152. The monoisotopic (exact) mass is 361 g/mol. The highest BCUT2D eigenvalue weighted by Gasteiger charge is 2.35. The molecular weight excluding hydrogens is 346 g/mol. The van der Waals surface area contributed by atoms with Gasteiger partial charge in [0.2, 0.25) is 5.91 Å². The number of carbonyl (C=O) groups excluding carboxylic acids is 1. The average Bonchev–Trinajstić information content (AvgIpc) is 2.81. The van der Waals surface area contributed by atoms with Crippen LogP contribution >= 0.6 is 15.9 Å². The zero-order valence-electron chi connectivity index (χ0n) is 11.3. The van der Waals surface area contributed by atoms with Crippen molar-refractivity contribution in [2.24, 2.45) is 0 Å². The number of aromatic nitrogens is 2. The number of hydrogen-bond donors (Lipinski definition) is 3. The molecule has 0 unspecified atom stereocenters. The smallest absolute Gasteiger partial charge is 0.330 e. The van der Waals surface area contributed by atoms with Gasteiger partial charge in [0.05, 0.1) is 11.4 Å².